The minimum atomic E-state index is 0.794. The summed E-state index contributed by atoms with van der Waals surface area (Å²) in [4.78, 5) is 2.40. The van der Waals surface area contributed by atoms with Crippen LogP contribution in [0.5, 0.6) is 0 Å². The van der Waals surface area contributed by atoms with Crippen LogP contribution in [0.15, 0.2) is 18.2 Å². The smallest absolute Gasteiger partial charge is 0.0641 e. The lowest BCUT2D eigenvalue weighted by Crippen LogP contribution is -2.32. The van der Waals surface area contributed by atoms with Crippen molar-refractivity contribution < 1.29 is 4.74 Å². The number of nitrogens with zero attached hydrogens (tertiary/aromatic N) is 1. The van der Waals surface area contributed by atoms with Gasteiger partial charge in [0.25, 0.3) is 0 Å². The highest BCUT2D eigenvalue weighted by atomic mass is 16.5. The van der Waals surface area contributed by atoms with Crippen LogP contribution >= 0.6 is 0 Å². The molecular weight excluding hydrogens is 200 g/mol. The van der Waals surface area contributed by atoms with Crippen LogP contribution in [0, 0.1) is 0 Å². The van der Waals surface area contributed by atoms with E-state index in [0.29, 0.717) is 0 Å². The van der Waals surface area contributed by atoms with E-state index in [1.165, 1.54) is 17.7 Å². The van der Waals surface area contributed by atoms with Gasteiger partial charge >= 0.3 is 0 Å². The number of rotatable bonds is 4. The highest BCUT2D eigenvalue weighted by molar-refractivity contribution is 5.61. The Morgan fingerprint density at radius 2 is 2.31 bits per heavy atom. The summed E-state index contributed by atoms with van der Waals surface area (Å²) in [6.45, 7) is 5.74. The van der Waals surface area contributed by atoms with Gasteiger partial charge in [-0.3, -0.25) is 0 Å². The fourth-order valence-corrected chi connectivity index (χ4v) is 2.25. The molecule has 0 unspecified atom stereocenters. The zero-order valence-corrected chi connectivity index (χ0v) is 9.91. The Kier molecular flexibility index (Phi) is 3.67. The molecule has 3 nitrogen and oxygen atoms in total. The van der Waals surface area contributed by atoms with Gasteiger partial charge in [-0.15, -0.1) is 0 Å². The molecular formula is C13H20N2O. The van der Waals surface area contributed by atoms with Crippen LogP contribution in [0.2, 0.25) is 0 Å². The number of benzene rings is 1. The summed E-state index contributed by atoms with van der Waals surface area (Å²) < 4.78 is 5.41. The van der Waals surface area contributed by atoms with E-state index in [9.17, 15) is 0 Å². The third kappa shape index (κ3) is 2.47. The molecule has 0 amide bonds. The summed E-state index contributed by atoms with van der Waals surface area (Å²) in [5, 5.41) is 0. The average molecular weight is 220 g/mol. The fourth-order valence-electron chi connectivity index (χ4n) is 2.25. The summed E-state index contributed by atoms with van der Waals surface area (Å²) in [5.41, 5.74) is 9.38. The fraction of sp³-hybridized carbons (Fsp3) is 0.538. The van der Waals surface area contributed by atoms with Gasteiger partial charge in [0, 0.05) is 31.1 Å². The van der Waals surface area contributed by atoms with Gasteiger partial charge in [-0.2, -0.15) is 0 Å². The quantitative estimate of drug-likeness (QED) is 0.623. The summed E-state index contributed by atoms with van der Waals surface area (Å²) in [5.74, 6) is 0. The molecule has 0 radical (unpaired) electrons. The molecule has 0 fully saturated rings. The lowest BCUT2D eigenvalue weighted by molar-refractivity contribution is 0.153. The van der Waals surface area contributed by atoms with E-state index in [2.05, 4.69) is 17.0 Å². The van der Waals surface area contributed by atoms with E-state index in [-0.39, 0.29) is 0 Å². The Balaban J connectivity index is 2.07. The van der Waals surface area contributed by atoms with E-state index >= 15 is 0 Å². The topological polar surface area (TPSA) is 38.5 Å². The first-order valence-corrected chi connectivity index (χ1v) is 6.02. The predicted molar refractivity (Wildman–Crippen MR) is 67.9 cm³/mol. The maximum atomic E-state index is 5.81. The Bertz CT molecular complexity index is 352. The lowest BCUT2D eigenvalue weighted by Gasteiger charge is -2.31. The molecule has 2 N–H and O–H groups in total. The largest absolute Gasteiger partial charge is 0.399 e. The van der Waals surface area contributed by atoms with Crippen LogP contribution in [0.25, 0.3) is 0 Å². The molecule has 0 saturated carbocycles. The van der Waals surface area contributed by atoms with Crippen molar-refractivity contribution in [3.05, 3.63) is 23.8 Å². The van der Waals surface area contributed by atoms with E-state index in [4.69, 9.17) is 10.5 Å². The number of nitrogens with two attached hydrogens (primary N) is 1. The highest BCUT2D eigenvalue weighted by Gasteiger charge is 2.16. The maximum Gasteiger partial charge on any atom is 0.0641 e. The van der Waals surface area contributed by atoms with Gasteiger partial charge in [0.1, 0.15) is 0 Å². The molecule has 88 valence electrons. The number of hydrogen-bond acceptors (Lipinski definition) is 3. The van der Waals surface area contributed by atoms with Crippen molar-refractivity contribution in [1.82, 2.24) is 0 Å². The molecule has 0 spiro atoms. The van der Waals surface area contributed by atoms with E-state index in [1.807, 2.05) is 13.0 Å². The summed E-state index contributed by atoms with van der Waals surface area (Å²) in [6.07, 6.45) is 2.36. The molecule has 1 aliphatic rings. The Morgan fingerprint density at radius 1 is 1.44 bits per heavy atom. The summed E-state index contributed by atoms with van der Waals surface area (Å²) in [7, 11) is 0. The van der Waals surface area contributed by atoms with Gasteiger partial charge in [-0.05, 0) is 43.5 Å². The predicted octanol–water partition coefficient (Wildman–Crippen LogP) is 2.06. The molecule has 0 aliphatic carbocycles. The summed E-state index contributed by atoms with van der Waals surface area (Å²) in [6, 6.07) is 6.22. The molecule has 0 aromatic heterocycles. The van der Waals surface area contributed by atoms with Crippen molar-refractivity contribution >= 4 is 11.4 Å². The third-order valence-corrected chi connectivity index (χ3v) is 3.03. The number of hydrogen-bond donors (Lipinski definition) is 1. The second-order valence-electron chi connectivity index (χ2n) is 4.18. The number of aryl methyl sites for hydroxylation is 1. The van der Waals surface area contributed by atoms with Crippen molar-refractivity contribution in [2.45, 2.75) is 19.8 Å². The molecule has 1 heterocycles. The van der Waals surface area contributed by atoms with Crippen LogP contribution in [-0.2, 0) is 11.2 Å². The first kappa shape index (κ1) is 11.3. The van der Waals surface area contributed by atoms with Gasteiger partial charge in [0.2, 0.25) is 0 Å². The summed E-state index contributed by atoms with van der Waals surface area (Å²) >= 11 is 0. The van der Waals surface area contributed by atoms with Crippen molar-refractivity contribution in [1.29, 1.82) is 0 Å². The van der Waals surface area contributed by atoms with E-state index in [1.54, 1.807) is 0 Å². The second-order valence-corrected chi connectivity index (χ2v) is 4.18. The normalized spacial score (nSPS) is 14.9. The maximum absolute atomic E-state index is 5.81. The average Bonchev–Trinajstić information content (AvgIpc) is 2.29. The second kappa shape index (κ2) is 5.21. The molecule has 16 heavy (non-hydrogen) atoms. The van der Waals surface area contributed by atoms with Gasteiger partial charge in [-0.1, -0.05) is 0 Å². The zero-order valence-electron chi connectivity index (χ0n) is 9.91. The first-order valence-electron chi connectivity index (χ1n) is 6.02. The van der Waals surface area contributed by atoms with E-state index in [0.717, 1.165) is 38.4 Å². The molecule has 1 aromatic rings. The number of fused-ring (bicyclic) bond motifs is 1. The van der Waals surface area contributed by atoms with Crippen molar-refractivity contribution in [3.8, 4) is 0 Å². The van der Waals surface area contributed by atoms with Gasteiger partial charge in [0.05, 0.1) is 6.61 Å². The Labute approximate surface area is 97.2 Å². The molecule has 0 atom stereocenters. The van der Waals surface area contributed by atoms with Gasteiger partial charge in [0.15, 0.2) is 0 Å². The minimum absolute atomic E-state index is 0.794. The molecule has 2 rings (SSSR count). The van der Waals surface area contributed by atoms with E-state index < -0.39 is 0 Å². The highest BCUT2D eigenvalue weighted by Crippen LogP contribution is 2.28. The van der Waals surface area contributed by atoms with Crippen LogP contribution in [0.1, 0.15) is 18.9 Å². The van der Waals surface area contributed by atoms with Gasteiger partial charge < -0.3 is 15.4 Å². The van der Waals surface area contributed by atoms with Crippen molar-refractivity contribution in [2.75, 3.05) is 36.9 Å². The van der Waals surface area contributed by atoms with Crippen LogP contribution in [0.4, 0.5) is 11.4 Å². The first-order chi connectivity index (χ1) is 7.81. The number of nitrogen functional groups attached to an aromatic ring is 1. The van der Waals surface area contributed by atoms with Crippen LogP contribution in [-0.4, -0.2) is 26.3 Å². The minimum Gasteiger partial charge on any atom is -0.399 e. The molecule has 1 aliphatic heterocycles. The number of ether oxygens (including phenoxy) is 1. The zero-order chi connectivity index (χ0) is 11.4. The lowest BCUT2D eigenvalue weighted by atomic mass is 10.0. The third-order valence-electron chi connectivity index (χ3n) is 3.03. The molecule has 0 saturated heterocycles. The Morgan fingerprint density at radius 3 is 3.12 bits per heavy atom. The van der Waals surface area contributed by atoms with Crippen molar-refractivity contribution in [3.63, 3.8) is 0 Å². The molecule has 0 bridgehead atoms. The number of anilines is 2. The van der Waals surface area contributed by atoms with Gasteiger partial charge in [-0.25, -0.2) is 0 Å². The van der Waals surface area contributed by atoms with Crippen LogP contribution in [0.3, 0.4) is 0 Å². The molecule has 3 heteroatoms. The van der Waals surface area contributed by atoms with Crippen LogP contribution < -0.4 is 10.6 Å². The standard InChI is InChI=1S/C13H20N2O/c1-2-16-9-8-15-7-3-4-11-10-12(14)5-6-13(11)15/h5-6,10H,2-4,7-9,14H2,1H3. The SMILES string of the molecule is CCOCCN1CCCc2cc(N)ccc21. The van der Waals surface area contributed by atoms with Crippen molar-refractivity contribution in [2.24, 2.45) is 0 Å². The Hall–Kier alpha value is -1.22. The molecule has 1 aromatic carbocycles. The monoisotopic (exact) mass is 220 g/mol.